The van der Waals surface area contributed by atoms with Gasteiger partial charge in [-0.3, -0.25) is 9.69 Å². The summed E-state index contributed by atoms with van der Waals surface area (Å²) in [5.74, 6) is 0.561. The second-order valence-electron chi connectivity index (χ2n) is 9.23. The molecule has 1 heterocycles. The van der Waals surface area contributed by atoms with Crippen molar-refractivity contribution in [2.24, 2.45) is 0 Å². The van der Waals surface area contributed by atoms with Crippen molar-refractivity contribution >= 4 is 15.9 Å². The molecule has 0 saturated carbocycles. The van der Waals surface area contributed by atoms with Gasteiger partial charge in [-0.25, -0.2) is 8.42 Å². The Morgan fingerprint density at radius 1 is 0.816 bits per heavy atom. The molecule has 202 valence electrons. The van der Waals surface area contributed by atoms with E-state index in [1.165, 1.54) is 36.2 Å². The Labute approximate surface area is 225 Å². The van der Waals surface area contributed by atoms with E-state index in [9.17, 15) is 13.2 Å². The molecule has 0 radical (unpaired) electrons. The van der Waals surface area contributed by atoms with Gasteiger partial charge < -0.3 is 14.4 Å². The highest BCUT2D eigenvalue weighted by atomic mass is 32.2. The number of methoxy groups -OCH3 is 2. The molecule has 3 aromatic rings. The van der Waals surface area contributed by atoms with E-state index in [2.05, 4.69) is 17.0 Å². The zero-order chi connectivity index (χ0) is 27.0. The summed E-state index contributed by atoms with van der Waals surface area (Å²) >= 11 is 0. The van der Waals surface area contributed by atoms with Crippen LogP contribution in [-0.4, -0.2) is 81.9 Å². The smallest absolute Gasteiger partial charge is 0.243 e. The average Bonchev–Trinajstić information content (AvgIpc) is 2.96. The van der Waals surface area contributed by atoms with Gasteiger partial charge in [0.05, 0.1) is 25.7 Å². The number of ether oxygens (including phenoxy) is 2. The van der Waals surface area contributed by atoms with Gasteiger partial charge in [0.15, 0.2) is 11.5 Å². The lowest BCUT2D eigenvalue weighted by atomic mass is 10.1. The number of sulfonamides is 1. The van der Waals surface area contributed by atoms with Gasteiger partial charge in [0.2, 0.25) is 15.9 Å². The normalized spacial score (nSPS) is 14.4. The van der Waals surface area contributed by atoms with Crippen molar-refractivity contribution in [3.8, 4) is 11.5 Å². The molecule has 1 saturated heterocycles. The number of benzene rings is 3. The van der Waals surface area contributed by atoms with E-state index >= 15 is 0 Å². The molecule has 38 heavy (non-hydrogen) atoms. The Bertz CT molecular complexity index is 1290. The van der Waals surface area contributed by atoms with E-state index in [0.29, 0.717) is 31.0 Å². The number of carbonyl (C=O) groups is 1. The zero-order valence-electron chi connectivity index (χ0n) is 22.0. The quantitative estimate of drug-likeness (QED) is 0.374. The molecule has 3 aromatic carbocycles. The van der Waals surface area contributed by atoms with Crippen LogP contribution in [0.15, 0.2) is 83.8 Å². The summed E-state index contributed by atoms with van der Waals surface area (Å²) in [6.45, 7) is 3.41. The fraction of sp³-hybridized carbons (Fsp3) is 0.345. The molecule has 4 rings (SSSR count). The van der Waals surface area contributed by atoms with Crippen molar-refractivity contribution in [2.75, 3.05) is 53.5 Å². The maximum atomic E-state index is 13.7. The van der Waals surface area contributed by atoms with Crippen molar-refractivity contribution in [1.29, 1.82) is 0 Å². The molecule has 1 fully saturated rings. The van der Waals surface area contributed by atoms with Crippen LogP contribution in [-0.2, 0) is 27.8 Å². The number of nitrogens with zero attached hydrogens (tertiary/aromatic N) is 3. The van der Waals surface area contributed by atoms with Gasteiger partial charge in [0.25, 0.3) is 0 Å². The maximum Gasteiger partial charge on any atom is 0.243 e. The van der Waals surface area contributed by atoms with E-state index in [-0.39, 0.29) is 23.9 Å². The van der Waals surface area contributed by atoms with Crippen LogP contribution < -0.4 is 9.47 Å². The second-order valence-corrected chi connectivity index (χ2v) is 11.2. The summed E-state index contributed by atoms with van der Waals surface area (Å²) in [6.07, 6.45) is 0.492. The standard InChI is InChI=1S/C29H35N3O5S/c1-36-27-14-13-26(21-28(27)37-2)38(34,35)32(16-15-24-9-5-3-6-10-24)23-29(33)31-19-17-30(18-20-31)22-25-11-7-4-8-12-25/h3-14,21H,15-20,22-23H2,1-2H3. The SMILES string of the molecule is COc1ccc(S(=O)(=O)N(CCc2ccccc2)CC(=O)N2CCN(Cc3ccccc3)CC2)cc1OC. The topological polar surface area (TPSA) is 79.4 Å². The van der Waals surface area contributed by atoms with Crippen molar-refractivity contribution in [3.63, 3.8) is 0 Å². The number of carbonyl (C=O) groups excluding carboxylic acids is 1. The largest absolute Gasteiger partial charge is 0.493 e. The van der Waals surface area contributed by atoms with Crippen LogP contribution >= 0.6 is 0 Å². The maximum absolute atomic E-state index is 13.7. The van der Waals surface area contributed by atoms with Gasteiger partial charge in [-0.2, -0.15) is 4.31 Å². The predicted octanol–water partition coefficient (Wildman–Crippen LogP) is 3.28. The van der Waals surface area contributed by atoms with Crippen LogP contribution in [0.3, 0.4) is 0 Å². The monoisotopic (exact) mass is 537 g/mol. The van der Waals surface area contributed by atoms with Crippen LogP contribution in [0, 0.1) is 0 Å². The molecule has 8 nitrogen and oxygen atoms in total. The number of hydrogen-bond donors (Lipinski definition) is 0. The first-order chi connectivity index (χ1) is 18.4. The molecule has 0 N–H and O–H groups in total. The first kappa shape index (κ1) is 27.6. The zero-order valence-corrected chi connectivity index (χ0v) is 22.8. The molecule has 0 aliphatic carbocycles. The summed E-state index contributed by atoms with van der Waals surface area (Å²) in [6, 6.07) is 24.4. The molecule has 1 aliphatic heterocycles. The highest BCUT2D eigenvalue weighted by Crippen LogP contribution is 2.30. The highest BCUT2D eigenvalue weighted by molar-refractivity contribution is 7.89. The third-order valence-corrected chi connectivity index (χ3v) is 8.61. The van der Waals surface area contributed by atoms with E-state index in [0.717, 1.165) is 25.2 Å². The minimum absolute atomic E-state index is 0.0590. The highest BCUT2D eigenvalue weighted by Gasteiger charge is 2.30. The molecule has 1 amide bonds. The summed E-state index contributed by atoms with van der Waals surface area (Å²) < 4.78 is 39.4. The van der Waals surface area contributed by atoms with Gasteiger partial charge in [0.1, 0.15) is 0 Å². The second kappa shape index (κ2) is 12.9. The van der Waals surface area contributed by atoms with Crippen LogP contribution in [0.5, 0.6) is 11.5 Å². The molecule has 0 atom stereocenters. The van der Waals surface area contributed by atoms with Gasteiger partial charge in [0, 0.05) is 45.3 Å². The lowest BCUT2D eigenvalue weighted by molar-refractivity contribution is -0.133. The lowest BCUT2D eigenvalue weighted by Crippen LogP contribution is -2.51. The van der Waals surface area contributed by atoms with E-state index in [4.69, 9.17) is 9.47 Å². The molecule has 0 spiro atoms. The molecule has 9 heteroatoms. The van der Waals surface area contributed by atoms with E-state index in [1.54, 1.807) is 11.0 Å². The molecule has 0 aromatic heterocycles. The average molecular weight is 538 g/mol. The molecular formula is C29H35N3O5S. The Morgan fingerprint density at radius 3 is 2.03 bits per heavy atom. The number of amides is 1. The summed E-state index contributed by atoms with van der Waals surface area (Å²) in [5, 5.41) is 0. The predicted molar refractivity (Wildman–Crippen MR) is 147 cm³/mol. The number of piperazine rings is 1. The number of hydrogen-bond acceptors (Lipinski definition) is 6. The Kier molecular flexibility index (Phi) is 9.38. The summed E-state index contributed by atoms with van der Waals surface area (Å²) in [5.41, 5.74) is 2.24. The minimum atomic E-state index is -3.97. The summed E-state index contributed by atoms with van der Waals surface area (Å²) in [7, 11) is -1.02. The van der Waals surface area contributed by atoms with Gasteiger partial charge >= 0.3 is 0 Å². The third-order valence-electron chi connectivity index (χ3n) is 6.77. The van der Waals surface area contributed by atoms with Crippen LogP contribution in [0.1, 0.15) is 11.1 Å². The molecule has 0 unspecified atom stereocenters. The Morgan fingerprint density at radius 2 is 1.42 bits per heavy atom. The Balaban J connectivity index is 1.47. The van der Waals surface area contributed by atoms with Crippen LogP contribution in [0.25, 0.3) is 0 Å². The van der Waals surface area contributed by atoms with Crippen molar-refractivity contribution in [1.82, 2.24) is 14.1 Å². The van der Waals surface area contributed by atoms with Crippen LogP contribution in [0.2, 0.25) is 0 Å². The summed E-state index contributed by atoms with van der Waals surface area (Å²) in [4.78, 5) is 17.5. The van der Waals surface area contributed by atoms with Crippen molar-refractivity contribution in [2.45, 2.75) is 17.9 Å². The fourth-order valence-corrected chi connectivity index (χ4v) is 5.96. The molecule has 1 aliphatic rings. The lowest BCUT2D eigenvalue weighted by Gasteiger charge is -2.35. The molecular weight excluding hydrogens is 502 g/mol. The first-order valence-corrected chi connectivity index (χ1v) is 14.1. The Hall–Kier alpha value is -3.40. The van der Waals surface area contributed by atoms with Gasteiger partial charge in [-0.05, 0) is 29.7 Å². The van der Waals surface area contributed by atoms with E-state index in [1.807, 2.05) is 48.5 Å². The van der Waals surface area contributed by atoms with E-state index < -0.39 is 10.0 Å². The van der Waals surface area contributed by atoms with Gasteiger partial charge in [-0.15, -0.1) is 0 Å². The van der Waals surface area contributed by atoms with Crippen molar-refractivity contribution in [3.05, 3.63) is 90.0 Å². The fourth-order valence-electron chi connectivity index (χ4n) is 4.56. The first-order valence-electron chi connectivity index (χ1n) is 12.7. The van der Waals surface area contributed by atoms with Gasteiger partial charge in [-0.1, -0.05) is 60.7 Å². The third kappa shape index (κ3) is 6.92. The van der Waals surface area contributed by atoms with Crippen molar-refractivity contribution < 1.29 is 22.7 Å². The van der Waals surface area contributed by atoms with Crippen LogP contribution in [0.4, 0.5) is 0 Å². The number of rotatable bonds is 11. The minimum Gasteiger partial charge on any atom is -0.493 e. The molecule has 0 bridgehead atoms.